The normalized spacial score (nSPS) is 11.7. The van der Waals surface area contributed by atoms with Crippen LogP contribution in [-0.2, 0) is 10.1 Å². The van der Waals surface area contributed by atoms with Crippen molar-refractivity contribution >= 4 is 10.1 Å². The van der Waals surface area contributed by atoms with Crippen molar-refractivity contribution in [2.45, 2.75) is 38.5 Å². The number of rotatable bonds is 4. The SMILES string of the molecule is Cc1ccc(C(C)C)c(OS(=O)(=O)c2ccccc2C)c1. The molecular weight excluding hydrogens is 284 g/mol. The van der Waals surface area contributed by atoms with Gasteiger partial charge in [-0.3, -0.25) is 0 Å². The van der Waals surface area contributed by atoms with Crippen LogP contribution in [0.3, 0.4) is 0 Å². The van der Waals surface area contributed by atoms with Gasteiger partial charge >= 0.3 is 10.1 Å². The third-order valence-electron chi connectivity index (χ3n) is 3.35. The molecule has 0 aliphatic rings. The molecule has 0 spiro atoms. The molecule has 2 aromatic rings. The van der Waals surface area contributed by atoms with Crippen LogP contribution in [0.15, 0.2) is 47.4 Å². The Bertz CT molecular complexity index is 746. The quantitative estimate of drug-likeness (QED) is 0.795. The summed E-state index contributed by atoms with van der Waals surface area (Å²) in [5.41, 5.74) is 2.53. The number of benzene rings is 2. The van der Waals surface area contributed by atoms with Gasteiger partial charge in [-0.25, -0.2) is 0 Å². The van der Waals surface area contributed by atoms with Gasteiger partial charge in [0.1, 0.15) is 10.6 Å². The second kappa shape index (κ2) is 5.90. The largest absolute Gasteiger partial charge is 0.379 e. The van der Waals surface area contributed by atoms with E-state index in [-0.39, 0.29) is 10.8 Å². The second-order valence-corrected chi connectivity index (χ2v) is 7.01. The highest BCUT2D eigenvalue weighted by Crippen LogP contribution is 2.30. The van der Waals surface area contributed by atoms with Gasteiger partial charge in [0.2, 0.25) is 0 Å². The molecule has 0 radical (unpaired) electrons. The van der Waals surface area contributed by atoms with Crippen LogP contribution in [0.2, 0.25) is 0 Å². The first kappa shape index (κ1) is 15.6. The van der Waals surface area contributed by atoms with Crippen LogP contribution >= 0.6 is 0 Å². The van der Waals surface area contributed by atoms with Crippen LogP contribution in [0.1, 0.15) is 36.5 Å². The van der Waals surface area contributed by atoms with Gasteiger partial charge in [-0.1, -0.05) is 44.2 Å². The Kier molecular flexibility index (Phi) is 4.37. The van der Waals surface area contributed by atoms with Crippen LogP contribution in [0.25, 0.3) is 0 Å². The Morgan fingerprint density at radius 1 is 1.00 bits per heavy atom. The smallest absolute Gasteiger partial charge is 0.339 e. The fraction of sp³-hybridized carbons (Fsp3) is 0.294. The molecule has 21 heavy (non-hydrogen) atoms. The van der Waals surface area contributed by atoms with E-state index in [1.54, 1.807) is 37.3 Å². The minimum atomic E-state index is -3.82. The molecule has 3 nitrogen and oxygen atoms in total. The molecule has 0 saturated heterocycles. The highest BCUT2D eigenvalue weighted by atomic mass is 32.2. The molecule has 0 fully saturated rings. The van der Waals surface area contributed by atoms with Crippen molar-refractivity contribution in [1.82, 2.24) is 0 Å². The summed E-state index contributed by atoms with van der Waals surface area (Å²) in [5, 5.41) is 0. The van der Waals surface area contributed by atoms with Crippen molar-refractivity contribution in [1.29, 1.82) is 0 Å². The highest BCUT2D eigenvalue weighted by molar-refractivity contribution is 7.87. The van der Waals surface area contributed by atoms with E-state index < -0.39 is 10.1 Å². The second-order valence-electron chi connectivity index (χ2n) is 5.50. The van der Waals surface area contributed by atoms with Crippen molar-refractivity contribution < 1.29 is 12.6 Å². The first-order valence-electron chi connectivity index (χ1n) is 6.92. The molecular formula is C17H20O3S. The van der Waals surface area contributed by atoms with Crippen molar-refractivity contribution in [2.75, 3.05) is 0 Å². The third-order valence-corrected chi connectivity index (χ3v) is 4.75. The molecule has 0 amide bonds. The lowest BCUT2D eigenvalue weighted by Gasteiger charge is -2.15. The molecule has 0 atom stereocenters. The van der Waals surface area contributed by atoms with Crippen LogP contribution in [0.4, 0.5) is 0 Å². The summed E-state index contributed by atoms with van der Waals surface area (Å²) in [6.07, 6.45) is 0. The summed E-state index contributed by atoms with van der Waals surface area (Å²) < 4.78 is 30.4. The maximum Gasteiger partial charge on any atom is 0.339 e. The first-order valence-corrected chi connectivity index (χ1v) is 8.33. The fourth-order valence-corrected chi connectivity index (χ4v) is 3.37. The predicted octanol–water partition coefficient (Wildman–Crippen LogP) is 4.19. The van der Waals surface area contributed by atoms with Gasteiger partial charge < -0.3 is 4.18 Å². The minimum absolute atomic E-state index is 0.188. The van der Waals surface area contributed by atoms with Gasteiger partial charge in [-0.2, -0.15) is 8.42 Å². The van der Waals surface area contributed by atoms with E-state index in [9.17, 15) is 8.42 Å². The molecule has 0 N–H and O–H groups in total. The molecule has 2 rings (SSSR count). The first-order chi connectivity index (χ1) is 9.81. The van der Waals surface area contributed by atoms with E-state index in [0.717, 1.165) is 11.1 Å². The molecule has 0 unspecified atom stereocenters. The van der Waals surface area contributed by atoms with E-state index in [2.05, 4.69) is 0 Å². The Hall–Kier alpha value is -1.81. The molecule has 0 aromatic heterocycles. The fourth-order valence-electron chi connectivity index (χ4n) is 2.19. The maximum atomic E-state index is 12.5. The van der Waals surface area contributed by atoms with Gasteiger partial charge in [0.05, 0.1) is 0 Å². The molecule has 0 saturated carbocycles. The molecule has 0 aliphatic heterocycles. The van der Waals surface area contributed by atoms with Crippen LogP contribution < -0.4 is 4.18 Å². The van der Waals surface area contributed by atoms with Gasteiger partial charge in [0.15, 0.2) is 0 Å². The van der Waals surface area contributed by atoms with Crippen molar-refractivity contribution in [3.63, 3.8) is 0 Å². The zero-order chi connectivity index (χ0) is 15.6. The zero-order valence-electron chi connectivity index (χ0n) is 12.8. The average molecular weight is 304 g/mol. The van der Waals surface area contributed by atoms with E-state index in [4.69, 9.17) is 4.18 Å². The molecule has 112 valence electrons. The molecule has 4 heteroatoms. The van der Waals surface area contributed by atoms with E-state index in [0.29, 0.717) is 11.3 Å². The van der Waals surface area contributed by atoms with Crippen molar-refractivity contribution in [2.24, 2.45) is 0 Å². The van der Waals surface area contributed by atoms with Crippen LogP contribution in [0.5, 0.6) is 5.75 Å². The summed E-state index contributed by atoms with van der Waals surface area (Å²) in [6.45, 7) is 7.70. The predicted molar refractivity (Wildman–Crippen MR) is 84.3 cm³/mol. The summed E-state index contributed by atoms with van der Waals surface area (Å²) in [5.74, 6) is 0.598. The maximum absolute atomic E-state index is 12.5. The average Bonchev–Trinajstić information content (AvgIpc) is 2.38. The van der Waals surface area contributed by atoms with Crippen LogP contribution in [0, 0.1) is 13.8 Å². The van der Waals surface area contributed by atoms with Crippen molar-refractivity contribution in [3.8, 4) is 5.75 Å². The number of aryl methyl sites for hydroxylation is 2. The highest BCUT2D eigenvalue weighted by Gasteiger charge is 2.21. The monoisotopic (exact) mass is 304 g/mol. The third kappa shape index (κ3) is 3.45. The Labute approximate surface area is 126 Å². The molecule has 0 heterocycles. The van der Waals surface area contributed by atoms with Crippen LogP contribution in [-0.4, -0.2) is 8.42 Å². The van der Waals surface area contributed by atoms with Crippen molar-refractivity contribution in [3.05, 3.63) is 59.2 Å². The summed E-state index contributed by atoms with van der Waals surface area (Å²) in [7, 11) is -3.82. The lowest BCUT2D eigenvalue weighted by molar-refractivity contribution is 0.480. The summed E-state index contributed by atoms with van der Waals surface area (Å²) in [4.78, 5) is 0.209. The molecule has 0 bridgehead atoms. The van der Waals surface area contributed by atoms with E-state index >= 15 is 0 Å². The standard InChI is InChI=1S/C17H20O3S/c1-12(2)15-10-9-13(3)11-16(15)20-21(18,19)17-8-6-5-7-14(17)4/h5-12H,1-4H3. The number of hydrogen-bond donors (Lipinski definition) is 0. The summed E-state index contributed by atoms with van der Waals surface area (Å²) in [6, 6.07) is 12.5. The number of hydrogen-bond acceptors (Lipinski definition) is 3. The van der Waals surface area contributed by atoms with Gasteiger partial charge in [-0.05, 0) is 48.6 Å². The lowest BCUT2D eigenvalue weighted by Crippen LogP contribution is -2.12. The zero-order valence-corrected chi connectivity index (χ0v) is 13.6. The minimum Gasteiger partial charge on any atom is -0.379 e. The van der Waals surface area contributed by atoms with Gasteiger partial charge in [0.25, 0.3) is 0 Å². The van der Waals surface area contributed by atoms with E-state index in [1.165, 1.54) is 0 Å². The Balaban J connectivity index is 2.47. The lowest BCUT2D eigenvalue weighted by atomic mass is 10.0. The Morgan fingerprint density at radius 3 is 2.29 bits per heavy atom. The molecule has 0 aliphatic carbocycles. The summed E-state index contributed by atoms with van der Waals surface area (Å²) >= 11 is 0. The topological polar surface area (TPSA) is 43.4 Å². The Morgan fingerprint density at radius 2 is 1.67 bits per heavy atom. The van der Waals surface area contributed by atoms with Gasteiger partial charge in [-0.15, -0.1) is 0 Å². The van der Waals surface area contributed by atoms with Gasteiger partial charge in [0, 0.05) is 0 Å². The van der Waals surface area contributed by atoms with E-state index in [1.807, 2.05) is 32.9 Å². The molecule has 2 aromatic carbocycles.